The minimum absolute atomic E-state index is 0.105. The molecule has 0 bridgehead atoms. The smallest absolute Gasteiger partial charge is 0.255 e. The number of thiazole rings is 1. The molecule has 0 saturated carbocycles. The van der Waals surface area contributed by atoms with E-state index in [1.54, 1.807) is 42.2 Å². The van der Waals surface area contributed by atoms with Crippen molar-refractivity contribution in [1.82, 2.24) is 29.4 Å². The predicted octanol–water partition coefficient (Wildman–Crippen LogP) is 2.60. The summed E-state index contributed by atoms with van der Waals surface area (Å²) in [6.45, 7) is 1.05. The van der Waals surface area contributed by atoms with Gasteiger partial charge in [-0.25, -0.2) is 15.0 Å². The van der Waals surface area contributed by atoms with Crippen molar-refractivity contribution in [1.29, 1.82) is 0 Å². The SMILES string of the molecule is CN(Cc1cscn1)C(=O)c1cnc2c(c1)ncn2Cc1ccccn1. The Balaban J connectivity index is 1.55. The Morgan fingerprint density at radius 1 is 1.19 bits per heavy atom. The summed E-state index contributed by atoms with van der Waals surface area (Å²) in [5.41, 5.74) is 5.49. The first-order valence-electron chi connectivity index (χ1n) is 8.04. The van der Waals surface area contributed by atoms with Crippen LogP contribution in [0.4, 0.5) is 0 Å². The molecular formula is C18H16N6OS. The number of hydrogen-bond donors (Lipinski definition) is 0. The number of amides is 1. The standard InChI is InChI=1S/C18H16N6OS/c1-23(8-15-10-26-12-22-15)18(25)13-6-16-17(20-7-13)24(11-21-16)9-14-4-2-3-5-19-14/h2-7,10-12H,8-9H2,1H3. The third kappa shape index (κ3) is 3.31. The van der Waals surface area contributed by atoms with Crippen LogP contribution < -0.4 is 0 Å². The van der Waals surface area contributed by atoms with E-state index in [-0.39, 0.29) is 5.91 Å². The molecule has 8 heteroatoms. The minimum atomic E-state index is -0.105. The van der Waals surface area contributed by atoms with Gasteiger partial charge in [0, 0.05) is 24.8 Å². The zero-order valence-corrected chi connectivity index (χ0v) is 14.9. The normalized spacial score (nSPS) is 11.0. The van der Waals surface area contributed by atoms with Gasteiger partial charge in [-0.05, 0) is 18.2 Å². The molecule has 0 aliphatic carbocycles. The molecule has 0 fully saturated rings. The van der Waals surface area contributed by atoms with Crippen LogP contribution in [0.3, 0.4) is 0 Å². The third-order valence-corrected chi connectivity index (χ3v) is 4.63. The number of carbonyl (C=O) groups is 1. The van der Waals surface area contributed by atoms with E-state index in [2.05, 4.69) is 19.9 Å². The van der Waals surface area contributed by atoms with E-state index in [0.717, 1.165) is 17.0 Å². The Labute approximate surface area is 154 Å². The van der Waals surface area contributed by atoms with Gasteiger partial charge in [0.25, 0.3) is 5.91 Å². The first kappa shape index (κ1) is 16.3. The number of carbonyl (C=O) groups excluding carboxylic acids is 1. The first-order valence-corrected chi connectivity index (χ1v) is 8.98. The number of aromatic nitrogens is 5. The van der Waals surface area contributed by atoms with Gasteiger partial charge in [0.05, 0.1) is 41.9 Å². The number of fused-ring (bicyclic) bond motifs is 1. The number of pyridine rings is 2. The van der Waals surface area contributed by atoms with Crippen LogP contribution in [0, 0.1) is 0 Å². The lowest BCUT2D eigenvalue weighted by molar-refractivity contribution is 0.0783. The fourth-order valence-corrected chi connectivity index (χ4v) is 3.25. The highest BCUT2D eigenvalue weighted by Crippen LogP contribution is 2.15. The molecule has 0 aliphatic rings. The molecule has 7 nitrogen and oxygen atoms in total. The summed E-state index contributed by atoms with van der Waals surface area (Å²) >= 11 is 1.52. The van der Waals surface area contributed by atoms with Gasteiger partial charge in [-0.3, -0.25) is 9.78 Å². The van der Waals surface area contributed by atoms with Crippen molar-refractivity contribution in [3.63, 3.8) is 0 Å². The molecule has 0 unspecified atom stereocenters. The average molecular weight is 364 g/mol. The maximum Gasteiger partial charge on any atom is 0.255 e. The number of nitrogens with zero attached hydrogens (tertiary/aromatic N) is 6. The van der Waals surface area contributed by atoms with E-state index < -0.39 is 0 Å². The second-order valence-corrected chi connectivity index (χ2v) is 6.62. The fourth-order valence-electron chi connectivity index (χ4n) is 2.70. The Morgan fingerprint density at radius 2 is 2.12 bits per heavy atom. The molecule has 0 aromatic carbocycles. The van der Waals surface area contributed by atoms with Gasteiger partial charge in [0.15, 0.2) is 5.65 Å². The molecular weight excluding hydrogens is 348 g/mol. The lowest BCUT2D eigenvalue weighted by Gasteiger charge is -2.15. The lowest BCUT2D eigenvalue weighted by atomic mass is 10.2. The third-order valence-electron chi connectivity index (χ3n) is 3.99. The maximum absolute atomic E-state index is 12.6. The summed E-state index contributed by atoms with van der Waals surface area (Å²) < 4.78 is 1.92. The highest BCUT2D eigenvalue weighted by Gasteiger charge is 2.15. The van der Waals surface area contributed by atoms with Crippen molar-refractivity contribution < 1.29 is 4.79 Å². The van der Waals surface area contributed by atoms with Gasteiger partial charge in [0.1, 0.15) is 5.52 Å². The van der Waals surface area contributed by atoms with Crippen molar-refractivity contribution in [2.24, 2.45) is 0 Å². The highest BCUT2D eigenvalue weighted by molar-refractivity contribution is 7.07. The van der Waals surface area contributed by atoms with Gasteiger partial charge >= 0.3 is 0 Å². The van der Waals surface area contributed by atoms with E-state index in [0.29, 0.717) is 24.2 Å². The lowest BCUT2D eigenvalue weighted by Crippen LogP contribution is -2.26. The number of rotatable bonds is 5. The molecule has 0 atom stereocenters. The van der Waals surface area contributed by atoms with Crippen LogP contribution in [0.1, 0.15) is 21.7 Å². The molecule has 4 aromatic heterocycles. The fraction of sp³-hybridized carbons (Fsp3) is 0.167. The highest BCUT2D eigenvalue weighted by atomic mass is 32.1. The maximum atomic E-state index is 12.6. The van der Waals surface area contributed by atoms with E-state index in [9.17, 15) is 4.79 Å². The molecule has 4 rings (SSSR count). The summed E-state index contributed by atoms with van der Waals surface area (Å²) in [5.74, 6) is -0.105. The van der Waals surface area contributed by atoms with Crippen LogP contribution in [0.5, 0.6) is 0 Å². The van der Waals surface area contributed by atoms with Crippen LogP contribution in [0.2, 0.25) is 0 Å². The quantitative estimate of drug-likeness (QED) is 0.544. The van der Waals surface area contributed by atoms with E-state index in [1.165, 1.54) is 11.3 Å². The molecule has 0 aliphatic heterocycles. The van der Waals surface area contributed by atoms with Crippen LogP contribution in [-0.4, -0.2) is 42.4 Å². The molecule has 1 amide bonds. The molecule has 0 radical (unpaired) electrons. The molecule has 130 valence electrons. The summed E-state index contributed by atoms with van der Waals surface area (Å²) in [4.78, 5) is 31.6. The predicted molar refractivity (Wildman–Crippen MR) is 98.8 cm³/mol. The summed E-state index contributed by atoms with van der Waals surface area (Å²) in [6.07, 6.45) is 5.08. The zero-order chi connectivity index (χ0) is 17.9. The van der Waals surface area contributed by atoms with Gasteiger partial charge in [0.2, 0.25) is 0 Å². The summed E-state index contributed by atoms with van der Waals surface area (Å²) in [5, 5.41) is 1.94. The molecule has 0 saturated heterocycles. The second-order valence-electron chi connectivity index (χ2n) is 5.90. The largest absolute Gasteiger partial charge is 0.336 e. The van der Waals surface area contributed by atoms with Crippen molar-refractivity contribution in [3.8, 4) is 0 Å². The molecule has 0 N–H and O–H groups in total. The van der Waals surface area contributed by atoms with Crippen molar-refractivity contribution in [3.05, 3.63) is 70.8 Å². The van der Waals surface area contributed by atoms with E-state index in [1.807, 2.05) is 28.1 Å². The number of imidazole rings is 1. The molecule has 0 spiro atoms. The average Bonchev–Trinajstić information content (AvgIpc) is 3.32. The Morgan fingerprint density at radius 3 is 2.88 bits per heavy atom. The van der Waals surface area contributed by atoms with Gasteiger partial charge in [-0.15, -0.1) is 11.3 Å². The zero-order valence-electron chi connectivity index (χ0n) is 14.1. The van der Waals surface area contributed by atoms with Crippen molar-refractivity contribution in [2.45, 2.75) is 13.1 Å². The molecule has 26 heavy (non-hydrogen) atoms. The Hall–Kier alpha value is -3.13. The number of hydrogen-bond acceptors (Lipinski definition) is 6. The van der Waals surface area contributed by atoms with E-state index >= 15 is 0 Å². The van der Waals surface area contributed by atoms with Crippen molar-refractivity contribution >= 4 is 28.4 Å². The minimum Gasteiger partial charge on any atom is -0.336 e. The first-order chi connectivity index (χ1) is 12.7. The van der Waals surface area contributed by atoms with Crippen LogP contribution in [0.25, 0.3) is 11.2 Å². The monoisotopic (exact) mass is 364 g/mol. The summed E-state index contributed by atoms with van der Waals surface area (Å²) in [7, 11) is 1.76. The molecule has 4 heterocycles. The van der Waals surface area contributed by atoms with E-state index in [4.69, 9.17) is 0 Å². The van der Waals surface area contributed by atoms with Gasteiger partial charge < -0.3 is 9.47 Å². The van der Waals surface area contributed by atoms with Crippen molar-refractivity contribution in [2.75, 3.05) is 7.05 Å². The molecule has 4 aromatic rings. The van der Waals surface area contributed by atoms with Crippen LogP contribution in [0.15, 0.2) is 53.9 Å². The Bertz CT molecular complexity index is 1030. The van der Waals surface area contributed by atoms with Gasteiger partial charge in [-0.1, -0.05) is 6.07 Å². The van der Waals surface area contributed by atoms with Crippen LogP contribution >= 0.6 is 11.3 Å². The second kappa shape index (κ2) is 7.01. The van der Waals surface area contributed by atoms with Crippen LogP contribution in [-0.2, 0) is 13.1 Å². The van der Waals surface area contributed by atoms with Gasteiger partial charge in [-0.2, -0.15) is 0 Å². The Kier molecular flexibility index (Phi) is 4.40. The topological polar surface area (TPSA) is 76.8 Å². The summed E-state index contributed by atoms with van der Waals surface area (Å²) in [6, 6.07) is 7.56.